The summed E-state index contributed by atoms with van der Waals surface area (Å²) in [6.07, 6.45) is 5.65. The third-order valence-corrected chi connectivity index (χ3v) is 7.17. The third kappa shape index (κ3) is 4.58. The van der Waals surface area contributed by atoms with Crippen LogP contribution in [0.15, 0.2) is 36.4 Å². The lowest BCUT2D eigenvalue weighted by molar-refractivity contribution is 0.0797. The lowest BCUT2D eigenvalue weighted by Crippen LogP contribution is -2.30. The van der Waals surface area contributed by atoms with Crippen LogP contribution < -0.4 is 10.9 Å². The molecule has 1 aromatic carbocycles. The highest BCUT2D eigenvalue weighted by Gasteiger charge is 2.24. The van der Waals surface area contributed by atoms with Crippen molar-refractivity contribution in [3.63, 3.8) is 0 Å². The van der Waals surface area contributed by atoms with Gasteiger partial charge in [0.25, 0.3) is 5.91 Å². The minimum absolute atomic E-state index is 0.114. The van der Waals surface area contributed by atoms with Gasteiger partial charge in [-0.2, -0.15) is 5.10 Å². The van der Waals surface area contributed by atoms with Gasteiger partial charge in [-0.25, -0.2) is 0 Å². The molecule has 1 amide bonds. The average Bonchev–Trinajstić information content (AvgIpc) is 3.46. The molecular formula is C23H31N5OS. The van der Waals surface area contributed by atoms with Crippen molar-refractivity contribution in [2.24, 2.45) is 7.05 Å². The number of aromatic nitrogens is 2. The lowest BCUT2D eigenvalue weighted by atomic mass is 9.99. The van der Waals surface area contributed by atoms with E-state index in [1.54, 1.807) is 0 Å². The van der Waals surface area contributed by atoms with Crippen molar-refractivity contribution < 1.29 is 4.79 Å². The normalized spacial score (nSPS) is 18.9. The summed E-state index contributed by atoms with van der Waals surface area (Å²) in [6.45, 7) is 2.79. The number of hydrogen-bond acceptors (Lipinski definition) is 5. The maximum absolute atomic E-state index is 12.8. The molecule has 160 valence electrons. The zero-order valence-corrected chi connectivity index (χ0v) is 18.8. The first kappa shape index (κ1) is 21.0. The first-order valence-electron chi connectivity index (χ1n) is 10.8. The van der Waals surface area contributed by atoms with E-state index >= 15 is 0 Å². The summed E-state index contributed by atoms with van der Waals surface area (Å²) in [5.41, 5.74) is 9.20. The van der Waals surface area contributed by atoms with Gasteiger partial charge in [0.05, 0.1) is 10.6 Å². The van der Waals surface area contributed by atoms with Gasteiger partial charge >= 0.3 is 0 Å². The summed E-state index contributed by atoms with van der Waals surface area (Å²) < 4.78 is 1.86. The second kappa shape index (κ2) is 9.29. The Balaban J connectivity index is 1.17. The molecule has 6 nitrogen and oxygen atoms in total. The van der Waals surface area contributed by atoms with Crippen molar-refractivity contribution in [3.8, 4) is 0 Å². The minimum atomic E-state index is 0.114. The molecule has 0 aliphatic carbocycles. The van der Waals surface area contributed by atoms with E-state index in [2.05, 4.69) is 46.3 Å². The van der Waals surface area contributed by atoms with E-state index in [9.17, 15) is 4.79 Å². The zero-order chi connectivity index (χ0) is 21.1. The molecule has 2 atom stereocenters. The van der Waals surface area contributed by atoms with Gasteiger partial charge in [0, 0.05) is 38.1 Å². The molecule has 0 spiro atoms. The Kier molecular flexibility index (Phi) is 6.51. The van der Waals surface area contributed by atoms with Crippen molar-refractivity contribution in [2.75, 3.05) is 13.6 Å². The molecule has 3 aromatic rings. The van der Waals surface area contributed by atoms with Crippen LogP contribution in [0.4, 0.5) is 0 Å². The Labute approximate surface area is 182 Å². The number of carbonyl (C=O) groups is 1. The molecule has 2 aromatic heterocycles. The Bertz CT molecular complexity index is 961. The first-order valence-corrected chi connectivity index (χ1v) is 11.6. The SMILES string of the molecule is Cc1nn(C)c2sc(C(=O)N(C)CCCCCC3CC(c4ccccc4)NN3)cc12. The lowest BCUT2D eigenvalue weighted by Gasteiger charge is -2.16. The summed E-state index contributed by atoms with van der Waals surface area (Å²) in [7, 11) is 3.84. The number of hydrazine groups is 1. The van der Waals surface area contributed by atoms with Crippen LogP contribution in [0, 0.1) is 6.92 Å². The van der Waals surface area contributed by atoms with Crippen molar-refractivity contribution >= 4 is 27.5 Å². The summed E-state index contributed by atoms with van der Waals surface area (Å²) >= 11 is 1.53. The Morgan fingerprint density at radius 2 is 2.03 bits per heavy atom. The number of thiophene rings is 1. The molecule has 0 bridgehead atoms. The number of unbranched alkanes of at least 4 members (excludes halogenated alkanes) is 2. The number of rotatable bonds is 8. The number of benzene rings is 1. The fourth-order valence-electron chi connectivity index (χ4n) is 4.23. The van der Waals surface area contributed by atoms with Gasteiger partial charge in [0.2, 0.25) is 0 Å². The second-order valence-electron chi connectivity index (χ2n) is 8.30. The Morgan fingerprint density at radius 1 is 1.23 bits per heavy atom. The van der Waals surface area contributed by atoms with Crippen LogP contribution >= 0.6 is 11.3 Å². The molecule has 0 saturated carbocycles. The van der Waals surface area contributed by atoms with Crippen LogP contribution in [-0.2, 0) is 7.05 Å². The molecule has 0 radical (unpaired) electrons. The van der Waals surface area contributed by atoms with E-state index in [0.29, 0.717) is 12.1 Å². The van der Waals surface area contributed by atoms with Gasteiger partial charge in [-0.1, -0.05) is 43.2 Å². The largest absolute Gasteiger partial charge is 0.341 e. The molecule has 1 saturated heterocycles. The van der Waals surface area contributed by atoms with E-state index < -0.39 is 0 Å². The smallest absolute Gasteiger partial charge is 0.263 e. The molecule has 1 aliphatic rings. The van der Waals surface area contributed by atoms with E-state index in [0.717, 1.165) is 53.0 Å². The van der Waals surface area contributed by atoms with Crippen LogP contribution in [0.1, 0.15) is 59.1 Å². The third-order valence-electron chi connectivity index (χ3n) is 5.98. The number of amides is 1. The maximum Gasteiger partial charge on any atom is 0.263 e. The van der Waals surface area contributed by atoms with Crippen molar-refractivity contribution in [1.29, 1.82) is 0 Å². The van der Waals surface area contributed by atoms with Crippen LogP contribution in [0.2, 0.25) is 0 Å². The van der Waals surface area contributed by atoms with Crippen molar-refractivity contribution in [2.45, 2.75) is 51.1 Å². The Morgan fingerprint density at radius 3 is 2.80 bits per heavy atom. The van der Waals surface area contributed by atoms with E-state index in [-0.39, 0.29) is 5.91 Å². The fraction of sp³-hybridized carbons (Fsp3) is 0.478. The molecule has 4 rings (SSSR count). The zero-order valence-electron chi connectivity index (χ0n) is 18.0. The standard InChI is InChI=1S/C23H31N5OS/c1-16-19-15-21(30-23(19)28(3)26-16)22(29)27(2)13-9-5-8-12-18-14-20(25-24-18)17-10-6-4-7-11-17/h4,6-7,10-11,15,18,20,24-25H,5,8-9,12-14H2,1-3H3. The molecule has 2 unspecified atom stereocenters. The van der Waals surface area contributed by atoms with Crippen molar-refractivity contribution in [1.82, 2.24) is 25.5 Å². The molecule has 1 fully saturated rings. The van der Waals surface area contributed by atoms with Crippen LogP contribution in [0.5, 0.6) is 0 Å². The highest BCUT2D eigenvalue weighted by Crippen LogP contribution is 2.28. The number of carbonyl (C=O) groups excluding carboxylic acids is 1. The van der Waals surface area contributed by atoms with E-state index in [4.69, 9.17) is 0 Å². The predicted molar refractivity (Wildman–Crippen MR) is 123 cm³/mol. The Hall–Kier alpha value is -2.22. The highest BCUT2D eigenvalue weighted by molar-refractivity contribution is 7.20. The summed E-state index contributed by atoms with van der Waals surface area (Å²) in [5.74, 6) is 0.114. The highest BCUT2D eigenvalue weighted by atomic mass is 32.1. The van der Waals surface area contributed by atoms with Gasteiger partial charge in [0.1, 0.15) is 4.83 Å². The molecule has 1 aliphatic heterocycles. The first-order chi connectivity index (χ1) is 14.5. The number of fused-ring (bicyclic) bond motifs is 1. The monoisotopic (exact) mass is 425 g/mol. The van der Waals surface area contributed by atoms with Gasteiger partial charge in [0.15, 0.2) is 0 Å². The van der Waals surface area contributed by atoms with E-state index in [1.165, 1.54) is 23.3 Å². The summed E-state index contributed by atoms with van der Waals surface area (Å²) in [4.78, 5) is 16.5. The number of aryl methyl sites for hydroxylation is 2. The van der Waals surface area contributed by atoms with Crippen molar-refractivity contribution in [3.05, 3.63) is 52.5 Å². The topological polar surface area (TPSA) is 62.2 Å². The van der Waals surface area contributed by atoms with Crippen LogP contribution in [0.3, 0.4) is 0 Å². The number of nitrogens with one attached hydrogen (secondary N) is 2. The van der Waals surface area contributed by atoms with Gasteiger partial charge in [-0.3, -0.25) is 20.3 Å². The molecule has 7 heteroatoms. The number of nitrogens with zero attached hydrogens (tertiary/aromatic N) is 3. The average molecular weight is 426 g/mol. The maximum atomic E-state index is 12.8. The molecule has 30 heavy (non-hydrogen) atoms. The minimum Gasteiger partial charge on any atom is -0.341 e. The van der Waals surface area contributed by atoms with Gasteiger partial charge < -0.3 is 4.90 Å². The van der Waals surface area contributed by atoms with Crippen LogP contribution in [-0.4, -0.2) is 40.2 Å². The van der Waals surface area contributed by atoms with Gasteiger partial charge in [-0.15, -0.1) is 11.3 Å². The summed E-state index contributed by atoms with van der Waals surface area (Å²) in [6, 6.07) is 13.5. The molecule has 2 N–H and O–H groups in total. The molecular weight excluding hydrogens is 394 g/mol. The second-order valence-corrected chi connectivity index (χ2v) is 9.33. The number of hydrogen-bond donors (Lipinski definition) is 2. The molecule has 3 heterocycles. The predicted octanol–water partition coefficient (Wildman–Crippen LogP) is 4.18. The summed E-state index contributed by atoms with van der Waals surface area (Å²) in [5, 5.41) is 5.50. The van der Waals surface area contributed by atoms with Crippen LogP contribution in [0.25, 0.3) is 10.2 Å². The fourth-order valence-corrected chi connectivity index (χ4v) is 5.35. The quantitative estimate of drug-likeness (QED) is 0.532. The van der Waals surface area contributed by atoms with Gasteiger partial charge in [-0.05, 0) is 37.8 Å². The van der Waals surface area contributed by atoms with E-state index in [1.807, 2.05) is 36.7 Å².